The van der Waals surface area contributed by atoms with Crippen molar-refractivity contribution in [1.29, 1.82) is 0 Å². The first-order chi connectivity index (χ1) is 12.1. The number of likely N-dealkylation sites (N-methyl/N-ethyl adjacent to an activating group) is 1. The molecule has 6 heteroatoms. The Hall–Kier alpha value is -1.02. The maximum atomic E-state index is 5.73. The van der Waals surface area contributed by atoms with Gasteiger partial charge in [0.1, 0.15) is 5.75 Å². The van der Waals surface area contributed by atoms with Gasteiger partial charge in [0, 0.05) is 33.3 Å². The van der Waals surface area contributed by atoms with Crippen molar-refractivity contribution in [2.45, 2.75) is 33.1 Å². The minimum atomic E-state index is 0. The zero-order valence-corrected chi connectivity index (χ0v) is 18.9. The summed E-state index contributed by atoms with van der Waals surface area (Å²) >= 11 is 0. The van der Waals surface area contributed by atoms with Crippen LogP contribution in [0.5, 0.6) is 5.75 Å². The molecule has 0 bridgehead atoms. The van der Waals surface area contributed by atoms with Gasteiger partial charge in [0.2, 0.25) is 0 Å². The number of nitrogens with zero attached hydrogens (tertiary/aromatic N) is 2. The predicted molar refractivity (Wildman–Crippen MR) is 119 cm³/mol. The average molecular weight is 475 g/mol. The molecule has 1 N–H and O–H groups in total. The summed E-state index contributed by atoms with van der Waals surface area (Å²) in [7, 11) is 3.78. The van der Waals surface area contributed by atoms with Crippen molar-refractivity contribution in [2.75, 3.05) is 47.0 Å². The first-order valence-electron chi connectivity index (χ1n) is 9.34. The number of aliphatic imine (C=N–C) groups is 1. The molecule has 1 aromatic carbocycles. The van der Waals surface area contributed by atoms with Gasteiger partial charge in [-0.2, -0.15) is 0 Å². The van der Waals surface area contributed by atoms with Gasteiger partial charge in [-0.15, -0.1) is 24.0 Å². The molecule has 0 amide bonds. The highest BCUT2D eigenvalue weighted by Crippen LogP contribution is 2.28. The summed E-state index contributed by atoms with van der Waals surface area (Å²) in [5.41, 5.74) is 2.41. The van der Waals surface area contributed by atoms with E-state index in [4.69, 9.17) is 14.5 Å². The molecule has 0 aliphatic heterocycles. The molecule has 0 radical (unpaired) electrons. The summed E-state index contributed by atoms with van der Waals surface area (Å²) in [5, 5.41) is 3.36. The van der Waals surface area contributed by atoms with Crippen LogP contribution in [-0.2, 0) is 11.2 Å². The molecule has 1 aromatic rings. The Morgan fingerprint density at radius 1 is 1.35 bits per heavy atom. The third-order valence-corrected chi connectivity index (χ3v) is 4.45. The Balaban J connectivity index is 0.00000338. The molecule has 0 spiro atoms. The van der Waals surface area contributed by atoms with E-state index >= 15 is 0 Å². The van der Waals surface area contributed by atoms with Crippen LogP contribution in [0.2, 0.25) is 0 Å². The van der Waals surface area contributed by atoms with Crippen molar-refractivity contribution in [3.05, 3.63) is 29.3 Å². The maximum Gasteiger partial charge on any atom is 0.193 e. The van der Waals surface area contributed by atoms with Crippen LogP contribution in [0.3, 0.4) is 0 Å². The standard InChI is InChI=1S/C20H33N3O2.HI/c1-5-21-20(23(3)12-13-25-15-18-8-9-18)22-11-10-17-7-6-16(2)19(14-17)24-4;/h6-7,14,18H,5,8-13,15H2,1-4H3,(H,21,22);1H. The van der Waals surface area contributed by atoms with E-state index in [0.29, 0.717) is 0 Å². The van der Waals surface area contributed by atoms with Crippen LogP contribution >= 0.6 is 24.0 Å². The van der Waals surface area contributed by atoms with Gasteiger partial charge < -0.3 is 19.7 Å². The zero-order valence-electron chi connectivity index (χ0n) is 16.6. The quantitative estimate of drug-likeness (QED) is 0.244. The first kappa shape index (κ1) is 23.0. The molecule has 1 saturated carbocycles. The lowest BCUT2D eigenvalue weighted by Crippen LogP contribution is -2.40. The second-order valence-corrected chi connectivity index (χ2v) is 6.73. The van der Waals surface area contributed by atoms with Crippen LogP contribution < -0.4 is 10.1 Å². The largest absolute Gasteiger partial charge is 0.496 e. The lowest BCUT2D eigenvalue weighted by atomic mass is 10.1. The van der Waals surface area contributed by atoms with E-state index in [1.54, 1.807) is 7.11 Å². The minimum absolute atomic E-state index is 0. The summed E-state index contributed by atoms with van der Waals surface area (Å²) in [6.45, 7) is 8.30. The average Bonchev–Trinajstić information content (AvgIpc) is 3.43. The molecular formula is C20H34IN3O2. The van der Waals surface area contributed by atoms with Crippen LogP contribution in [0.25, 0.3) is 0 Å². The van der Waals surface area contributed by atoms with Crippen LogP contribution in [-0.4, -0.2) is 57.9 Å². The molecule has 26 heavy (non-hydrogen) atoms. The Labute approximate surface area is 175 Å². The fraction of sp³-hybridized carbons (Fsp3) is 0.650. The molecule has 148 valence electrons. The highest BCUT2D eigenvalue weighted by Gasteiger charge is 2.21. The maximum absolute atomic E-state index is 5.73. The predicted octanol–water partition coefficient (Wildman–Crippen LogP) is 3.49. The fourth-order valence-corrected chi connectivity index (χ4v) is 2.62. The third kappa shape index (κ3) is 8.12. The van der Waals surface area contributed by atoms with Crippen LogP contribution in [0.15, 0.2) is 23.2 Å². The molecule has 1 fully saturated rings. The van der Waals surface area contributed by atoms with E-state index in [1.807, 2.05) is 0 Å². The van der Waals surface area contributed by atoms with E-state index in [0.717, 1.165) is 62.5 Å². The number of aryl methyl sites for hydroxylation is 1. The lowest BCUT2D eigenvalue weighted by molar-refractivity contribution is 0.115. The smallest absolute Gasteiger partial charge is 0.193 e. The lowest BCUT2D eigenvalue weighted by Gasteiger charge is -2.22. The van der Waals surface area contributed by atoms with E-state index in [2.05, 4.69) is 49.3 Å². The van der Waals surface area contributed by atoms with Gasteiger partial charge in [-0.3, -0.25) is 4.99 Å². The molecule has 0 aromatic heterocycles. The monoisotopic (exact) mass is 475 g/mol. The summed E-state index contributed by atoms with van der Waals surface area (Å²) in [5.74, 6) is 2.70. The molecule has 1 aliphatic rings. The van der Waals surface area contributed by atoms with Gasteiger partial charge in [0.25, 0.3) is 0 Å². The van der Waals surface area contributed by atoms with Gasteiger partial charge >= 0.3 is 0 Å². The number of guanidine groups is 1. The Morgan fingerprint density at radius 2 is 2.12 bits per heavy atom. The van der Waals surface area contributed by atoms with Crippen molar-refractivity contribution < 1.29 is 9.47 Å². The number of benzene rings is 1. The first-order valence-corrected chi connectivity index (χ1v) is 9.34. The number of hydrogen-bond donors (Lipinski definition) is 1. The van der Waals surface area contributed by atoms with Crippen molar-refractivity contribution in [3.8, 4) is 5.75 Å². The third-order valence-electron chi connectivity index (χ3n) is 4.45. The molecular weight excluding hydrogens is 441 g/mol. The number of nitrogens with one attached hydrogen (secondary N) is 1. The second-order valence-electron chi connectivity index (χ2n) is 6.73. The SMILES string of the molecule is CCNC(=NCCc1ccc(C)c(OC)c1)N(C)CCOCC1CC1.I. The van der Waals surface area contributed by atoms with E-state index in [9.17, 15) is 0 Å². The summed E-state index contributed by atoms with van der Waals surface area (Å²) in [4.78, 5) is 6.89. The normalized spacial score (nSPS) is 13.9. The number of halogens is 1. The van der Waals surface area contributed by atoms with E-state index in [-0.39, 0.29) is 24.0 Å². The number of rotatable bonds is 10. The molecule has 0 unspecified atom stereocenters. The molecule has 5 nitrogen and oxygen atoms in total. The molecule has 0 heterocycles. The number of methoxy groups -OCH3 is 1. The van der Waals surface area contributed by atoms with Crippen LogP contribution in [0.1, 0.15) is 30.9 Å². The van der Waals surface area contributed by atoms with Crippen molar-refractivity contribution >= 4 is 29.9 Å². The van der Waals surface area contributed by atoms with Gasteiger partial charge in [-0.25, -0.2) is 0 Å². The summed E-state index contributed by atoms with van der Waals surface area (Å²) in [6, 6.07) is 6.36. The van der Waals surface area contributed by atoms with Crippen LogP contribution in [0.4, 0.5) is 0 Å². The molecule has 2 rings (SSSR count). The summed E-state index contributed by atoms with van der Waals surface area (Å²) < 4.78 is 11.1. The second kappa shape index (κ2) is 12.4. The van der Waals surface area contributed by atoms with Crippen molar-refractivity contribution in [2.24, 2.45) is 10.9 Å². The Morgan fingerprint density at radius 3 is 2.77 bits per heavy atom. The fourth-order valence-electron chi connectivity index (χ4n) is 2.62. The zero-order chi connectivity index (χ0) is 18.1. The van der Waals surface area contributed by atoms with E-state index in [1.165, 1.54) is 18.4 Å². The highest BCUT2D eigenvalue weighted by molar-refractivity contribution is 14.0. The number of ether oxygens (including phenoxy) is 2. The Kier molecular flexibility index (Phi) is 11.0. The van der Waals surface area contributed by atoms with E-state index < -0.39 is 0 Å². The van der Waals surface area contributed by atoms with Gasteiger partial charge in [-0.05, 0) is 56.2 Å². The molecule has 1 aliphatic carbocycles. The number of hydrogen-bond acceptors (Lipinski definition) is 3. The molecule has 0 atom stereocenters. The Bertz CT molecular complexity index is 562. The van der Waals surface area contributed by atoms with Gasteiger partial charge in [-0.1, -0.05) is 12.1 Å². The summed E-state index contributed by atoms with van der Waals surface area (Å²) in [6.07, 6.45) is 3.57. The highest BCUT2D eigenvalue weighted by atomic mass is 127. The van der Waals surface area contributed by atoms with Gasteiger partial charge in [0.05, 0.1) is 13.7 Å². The van der Waals surface area contributed by atoms with Crippen molar-refractivity contribution in [1.82, 2.24) is 10.2 Å². The topological polar surface area (TPSA) is 46.1 Å². The van der Waals surface area contributed by atoms with Crippen molar-refractivity contribution in [3.63, 3.8) is 0 Å². The van der Waals surface area contributed by atoms with Crippen LogP contribution in [0, 0.1) is 12.8 Å². The van der Waals surface area contributed by atoms with Gasteiger partial charge in [0.15, 0.2) is 5.96 Å². The molecule has 0 saturated heterocycles. The minimum Gasteiger partial charge on any atom is -0.496 e.